The summed E-state index contributed by atoms with van der Waals surface area (Å²) >= 11 is 1.73. The van der Waals surface area contributed by atoms with Gasteiger partial charge in [0.25, 0.3) is 0 Å². The minimum absolute atomic E-state index is 0.138. The first-order valence-corrected chi connectivity index (χ1v) is 8.08. The van der Waals surface area contributed by atoms with E-state index in [2.05, 4.69) is 46.9 Å². The van der Waals surface area contributed by atoms with Crippen molar-refractivity contribution in [2.24, 2.45) is 0 Å². The molecule has 1 aromatic heterocycles. The molecule has 1 rings (SSSR count). The van der Waals surface area contributed by atoms with Crippen molar-refractivity contribution in [3.63, 3.8) is 0 Å². The van der Waals surface area contributed by atoms with E-state index in [0.717, 1.165) is 13.0 Å². The number of likely N-dealkylation sites (N-methyl/N-ethyl adjacent to an activating group) is 1. The van der Waals surface area contributed by atoms with Gasteiger partial charge >= 0.3 is 0 Å². The summed E-state index contributed by atoms with van der Waals surface area (Å²) in [6, 6.07) is 4.91. The SMILES string of the molecule is CC(C)NCCCC(=O)NCC(c1cccs1)N(C)C. The summed E-state index contributed by atoms with van der Waals surface area (Å²) in [4.78, 5) is 15.3. The van der Waals surface area contributed by atoms with Crippen LogP contribution in [0.5, 0.6) is 0 Å². The Kier molecular flexibility index (Phi) is 7.80. The zero-order chi connectivity index (χ0) is 15.0. The third kappa shape index (κ3) is 6.50. The van der Waals surface area contributed by atoms with Crippen molar-refractivity contribution < 1.29 is 4.79 Å². The highest BCUT2D eigenvalue weighted by atomic mass is 32.1. The van der Waals surface area contributed by atoms with Gasteiger partial charge in [0.05, 0.1) is 6.04 Å². The molecule has 1 heterocycles. The Bertz CT molecular complexity index is 376. The highest BCUT2D eigenvalue weighted by Gasteiger charge is 2.15. The van der Waals surface area contributed by atoms with E-state index >= 15 is 0 Å². The summed E-state index contributed by atoms with van der Waals surface area (Å²) in [5, 5.41) is 8.43. The first-order valence-electron chi connectivity index (χ1n) is 7.20. The van der Waals surface area contributed by atoms with E-state index in [1.165, 1.54) is 4.88 Å². The molecule has 0 saturated carbocycles. The number of thiophene rings is 1. The van der Waals surface area contributed by atoms with Crippen molar-refractivity contribution in [3.05, 3.63) is 22.4 Å². The van der Waals surface area contributed by atoms with Gasteiger partial charge in [0.2, 0.25) is 5.91 Å². The van der Waals surface area contributed by atoms with Crippen LogP contribution in [0, 0.1) is 0 Å². The van der Waals surface area contributed by atoms with Crippen molar-refractivity contribution in [1.29, 1.82) is 0 Å². The van der Waals surface area contributed by atoms with Crippen molar-refractivity contribution >= 4 is 17.2 Å². The second-order valence-electron chi connectivity index (χ2n) is 5.51. The lowest BCUT2D eigenvalue weighted by Crippen LogP contribution is -2.34. The van der Waals surface area contributed by atoms with E-state index in [-0.39, 0.29) is 11.9 Å². The number of hydrogen-bond acceptors (Lipinski definition) is 4. The van der Waals surface area contributed by atoms with Crippen molar-refractivity contribution in [3.8, 4) is 0 Å². The smallest absolute Gasteiger partial charge is 0.220 e. The third-order valence-corrected chi connectivity index (χ3v) is 4.09. The number of nitrogens with zero attached hydrogens (tertiary/aromatic N) is 1. The Balaban J connectivity index is 2.28. The zero-order valence-corrected chi connectivity index (χ0v) is 13.8. The number of rotatable bonds is 9. The predicted octanol–water partition coefficient (Wildman–Crippen LogP) is 2.25. The first-order chi connectivity index (χ1) is 9.50. The molecule has 0 fully saturated rings. The van der Waals surface area contributed by atoms with E-state index < -0.39 is 0 Å². The first kappa shape index (κ1) is 17.1. The molecule has 2 N–H and O–H groups in total. The van der Waals surface area contributed by atoms with Crippen LogP contribution >= 0.6 is 11.3 Å². The predicted molar refractivity (Wildman–Crippen MR) is 86.1 cm³/mol. The minimum Gasteiger partial charge on any atom is -0.354 e. The summed E-state index contributed by atoms with van der Waals surface area (Å²) < 4.78 is 0. The summed E-state index contributed by atoms with van der Waals surface area (Å²) in [6.07, 6.45) is 1.47. The third-order valence-electron chi connectivity index (χ3n) is 3.12. The minimum atomic E-state index is 0.138. The molecule has 5 heteroatoms. The van der Waals surface area contributed by atoms with Crippen LogP contribution in [0.4, 0.5) is 0 Å². The molecule has 1 unspecified atom stereocenters. The maximum absolute atomic E-state index is 11.8. The van der Waals surface area contributed by atoms with E-state index in [1.807, 2.05) is 14.1 Å². The van der Waals surface area contributed by atoms with Crippen LogP contribution in [-0.2, 0) is 4.79 Å². The topological polar surface area (TPSA) is 44.4 Å². The lowest BCUT2D eigenvalue weighted by molar-refractivity contribution is -0.121. The molecule has 0 bridgehead atoms. The lowest BCUT2D eigenvalue weighted by Gasteiger charge is -2.23. The summed E-state index contributed by atoms with van der Waals surface area (Å²) in [5.74, 6) is 0.138. The van der Waals surface area contributed by atoms with E-state index in [1.54, 1.807) is 11.3 Å². The monoisotopic (exact) mass is 297 g/mol. The van der Waals surface area contributed by atoms with Crippen LogP contribution in [0.3, 0.4) is 0 Å². The molecule has 0 aliphatic rings. The van der Waals surface area contributed by atoms with Crippen molar-refractivity contribution in [2.75, 3.05) is 27.2 Å². The second kappa shape index (κ2) is 9.10. The molecule has 0 radical (unpaired) electrons. The molecular formula is C15H27N3OS. The van der Waals surface area contributed by atoms with Gasteiger partial charge in [-0.3, -0.25) is 4.79 Å². The maximum Gasteiger partial charge on any atom is 0.220 e. The molecule has 0 saturated heterocycles. The molecule has 0 spiro atoms. The Hall–Kier alpha value is -0.910. The fourth-order valence-electron chi connectivity index (χ4n) is 1.96. The van der Waals surface area contributed by atoms with Gasteiger partial charge in [-0.15, -0.1) is 11.3 Å². The molecule has 1 atom stereocenters. The maximum atomic E-state index is 11.8. The van der Waals surface area contributed by atoms with Crippen LogP contribution in [0.2, 0.25) is 0 Å². The second-order valence-corrected chi connectivity index (χ2v) is 6.49. The van der Waals surface area contributed by atoms with Crippen molar-refractivity contribution in [2.45, 2.75) is 38.8 Å². The molecule has 114 valence electrons. The molecular weight excluding hydrogens is 270 g/mol. The average Bonchev–Trinajstić information content (AvgIpc) is 2.88. The van der Waals surface area contributed by atoms with Crippen LogP contribution in [0.15, 0.2) is 17.5 Å². The molecule has 1 amide bonds. The van der Waals surface area contributed by atoms with Gasteiger partial charge < -0.3 is 15.5 Å². The van der Waals surface area contributed by atoms with Gasteiger partial charge in [0.15, 0.2) is 0 Å². The van der Waals surface area contributed by atoms with Gasteiger partial charge in [0.1, 0.15) is 0 Å². The number of amides is 1. The summed E-state index contributed by atoms with van der Waals surface area (Å²) in [5.41, 5.74) is 0. The fourth-order valence-corrected chi connectivity index (χ4v) is 2.88. The standard InChI is InChI=1S/C15H27N3OS/c1-12(2)16-9-5-8-15(19)17-11-13(18(3)4)14-7-6-10-20-14/h6-7,10,12-13,16H,5,8-9,11H2,1-4H3,(H,17,19). The molecule has 1 aromatic rings. The largest absolute Gasteiger partial charge is 0.354 e. The van der Waals surface area contributed by atoms with Crippen LogP contribution in [0.25, 0.3) is 0 Å². The van der Waals surface area contributed by atoms with Crippen LogP contribution in [-0.4, -0.2) is 44.0 Å². The van der Waals surface area contributed by atoms with Gasteiger partial charge in [-0.25, -0.2) is 0 Å². The van der Waals surface area contributed by atoms with Crippen molar-refractivity contribution in [1.82, 2.24) is 15.5 Å². The number of hydrogen-bond donors (Lipinski definition) is 2. The molecule has 0 aliphatic heterocycles. The van der Waals surface area contributed by atoms with Gasteiger partial charge in [0, 0.05) is 23.9 Å². The number of carbonyl (C=O) groups is 1. The number of nitrogens with one attached hydrogen (secondary N) is 2. The Labute approximate surface area is 126 Å². The Morgan fingerprint density at radius 1 is 1.40 bits per heavy atom. The summed E-state index contributed by atoms with van der Waals surface area (Å²) in [6.45, 7) is 5.79. The highest BCUT2D eigenvalue weighted by Crippen LogP contribution is 2.22. The molecule has 4 nitrogen and oxygen atoms in total. The van der Waals surface area contributed by atoms with Gasteiger partial charge in [-0.2, -0.15) is 0 Å². The highest BCUT2D eigenvalue weighted by molar-refractivity contribution is 7.10. The zero-order valence-electron chi connectivity index (χ0n) is 13.0. The van der Waals surface area contributed by atoms with E-state index in [4.69, 9.17) is 0 Å². The Morgan fingerprint density at radius 2 is 2.15 bits per heavy atom. The molecule has 20 heavy (non-hydrogen) atoms. The van der Waals surface area contributed by atoms with E-state index in [9.17, 15) is 4.79 Å². The normalized spacial score (nSPS) is 12.9. The lowest BCUT2D eigenvalue weighted by atomic mass is 10.2. The van der Waals surface area contributed by atoms with Crippen LogP contribution < -0.4 is 10.6 Å². The quantitative estimate of drug-likeness (QED) is 0.687. The summed E-state index contributed by atoms with van der Waals surface area (Å²) in [7, 11) is 4.09. The van der Waals surface area contributed by atoms with E-state index in [0.29, 0.717) is 19.0 Å². The number of carbonyl (C=O) groups excluding carboxylic acids is 1. The Morgan fingerprint density at radius 3 is 2.70 bits per heavy atom. The van der Waals surface area contributed by atoms with Gasteiger partial charge in [-0.1, -0.05) is 19.9 Å². The average molecular weight is 297 g/mol. The molecule has 0 aliphatic carbocycles. The fraction of sp³-hybridized carbons (Fsp3) is 0.667. The van der Waals surface area contributed by atoms with Crippen LogP contribution in [0.1, 0.15) is 37.6 Å². The van der Waals surface area contributed by atoms with Gasteiger partial charge in [-0.05, 0) is 38.5 Å². The molecule has 0 aromatic carbocycles.